The van der Waals surface area contributed by atoms with Crippen LogP contribution in [0.2, 0.25) is 0 Å². The Morgan fingerprint density at radius 2 is 0.846 bits per heavy atom. The molecule has 0 aliphatic carbocycles. The van der Waals surface area contributed by atoms with Crippen LogP contribution in [0, 0.1) is 0 Å². The van der Waals surface area contributed by atoms with Gasteiger partial charge in [0.15, 0.2) is 0 Å². The molecule has 11 aromatic rings. The average Bonchev–Trinajstić information content (AvgIpc) is 3.90. The van der Waals surface area contributed by atoms with Crippen molar-refractivity contribution in [2.24, 2.45) is 0 Å². The van der Waals surface area contributed by atoms with Crippen LogP contribution >= 0.6 is 34.0 Å². The molecule has 4 heteroatoms. The Hall–Kier alpha value is -5.78. The summed E-state index contributed by atoms with van der Waals surface area (Å²) in [5.41, 5.74) is 8.42. The number of hydrogen-bond acceptors (Lipinski definition) is 4. The largest absolute Gasteiger partial charge is 0.310 e. The van der Waals surface area contributed by atoms with Crippen molar-refractivity contribution in [3.63, 3.8) is 0 Å². The minimum Gasteiger partial charge on any atom is -0.310 e. The first kappa shape index (κ1) is 29.9. The second kappa shape index (κ2) is 11.9. The molecule has 0 radical (unpaired) electrons. The average molecular weight is 716 g/mol. The number of anilines is 3. The van der Waals surface area contributed by atoms with Gasteiger partial charge in [0.05, 0.1) is 5.69 Å². The number of rotatable bonds is 5. The summed E-state index contributed by atoms with van der Waals surface area (Å²) >= 11 is 5.62. The van der Waals surface area contributed by atoms with E-state index in [0.717, 1.165) is 11.4 Å². The Morgan fingerprint density at radius 3 is 1.60 bits per heavy atom. The van der Waals surface area contributed by atoms with Gasteiger partial charge in [-0.15, -0.1) is 34.0 Å². The molecule has 0 unspecified atom stereocenters. The second-order valence-electron chi connectivity index (χ2n) is 13.3. The maximum atomic E-state index is 2.43. The first-order chi connectivity index (χ1) is 25.8. The molecule has 11 rings (SSSR count). The van der Waals surface area contributed by atoms with Crippen LogP contribution in [0.15, 0.2) is 176 Å². The van der Waals surface area contributed by atoms with Crippen molar-refractivity contribution in [3.05, 3.63) is 176 Å². The van der Waals surface area contributed by atoms with Crippen LogP contribution in [0.3, 0.4) is 0 Å². The fourth-order valence-electron chi connectivity index (χ4n) is 7.84. The van der Waals surface area contributed by atoms with E-state index in [1.165, 1.54) is 88.5 Å². The summed E-state index contributed by atoms with van der Waals surface area (Å²) in [5, 5.41) is 7.91. The van der Waals surface area contributed by atoms with Gasteiger partial charge in [-0.3, -0.25) is 0 Å². The third-order valence-corrected chi connectivity index (χ3v) is 13.8. The van der Waals surface area contributed by atoms with E-state index < -0.39 is 0 Å². The summed E-state index contributed by atoms with van der Waals surface area (Å²) in [6, 6.07) is 64.9. The van der Waals surface area contributed by atoms with Crippen molar-refractivity contribution in [1.82, 2.24) is 0 Å². The van der Waals surface area contributed by atoms with E-state index in [9.17, 15) is 0 Å². The van der Waals surface area contributed by atoms with Crippen molar-refractivity contribution >= 4 is 112 Å². The van der Waals surface area contributed by atoms with Crippen LogP contribution in [-0.2, 0) is 0 Å². The van der Waals surface area contributed by atoms with Crippen LogP contribution < -0.4 is 4.90 Å². The van der Waals surface area contributed by atoms with Crippen LogP contribution in [-0.4, -0.2) is 0 Å². The Balaban J connectivity index is 1.04. The number of fused-ring (bicyclic) bond motifs is 9. The first-order valence-corrected chi connectivity index (χ1v) is 19.9. The number of benzene rings is 8. The van der Waals surface area contributed by atoms with Gasteiger partial charge in [0, 0.05) is 71.9 Å². The molecule has 0 spiro atoms. The lowest BCUT2D eigenvalue weighted by molar-refractivity contribution is 1.30. The third kappa shape index (κ3) is 4.72. The molecule has 3 aromatic heterocycles. The minimum absolute atomic E-state index is 1.13. The molecule has 8 aromatic carbocycles. The fraction of sp³-hybridized carbons (Fsp3) is 0. The lowest BCUT2D eigenvalue weighted by Gasteiger charge is -2.27. The van der Waals surface area contributed by atoms with Gasteiger partial charge in [0.25, 0.3) is 0 Å². The van der Waals surface area contributed by atoms with Gasteiger partial charge in [-0.2, -0.15) is 0 Å². The van der Waals surface area contributed by atoms with Gasteiger partial charge in [0.2, 0.25) is 0 Å². The van der Waals surface area contributed by atoms with Crippen LogP contribution in [0.1, 0.15) is 0 Å². The highest BCUT2D eigenvalue weighted by Gasteiger charge is 2.19. The van der Waals surface area contributed by atoms with Crippen molar-refractivity contribution in [3.8, 4) is 22.3 Å². The molecule has 0 amide bonds. The van der Waals surface area contributed by atoms with Crippen molar-refractivity contribution < 1.29 is 0 Å². The second-order valence-corrected chi connectivity index (χ2v) is 16.5. The monoisotopic (exact) mass is 715 g/mol. The van der Waals surface area contributed by atoms with Crippen LogP contribution in [0.5, 0.6) is 0 Å². The lowest BCUT2D eigenvalue weighted by Crippen LogP contribution is -2.10. The summed E-state index contributed by atoms with van der Waals surface area (Å²) in [6.45, 7) is 0. The van der Waals surface area contributed by atoms with Crippen molar-refractivity contribution in [2.75, 3.05) is 4.90 Å². The molecule has 0 aliphatic heterocycles. The fourth-order valence-corrected chi connectivity index (χ4v) is 11.4. The zero-order valence-electron chi connectivity index (χ0n) is 27.9. The standard InChI is InChI=1S/C48H29NS3/c1-4-15-42-36(9-1)38-28-23-32(29-46(38)51-42)30-19-24-33(25-20-30)49(41-14-8-18-45-47(41)40-11-3-6-17-44(40)50-45)34-26-21-31(22-27-34)35-12-7-13-39-37-10-2-5-16-43(37)52-48(35)39/h1-29H. The van der Waals surface area contributed by atoms with Crippen molar-refractivity contribution in [1.29, 1.82) is 0 Å². The van der Waals surface area contributed by atoms with Gasteiger partial charge < -0.3 is 4.90 Å². The minimum atomic E-state index is 1.13. The van der Waals surface area contributed by atoms with Crippen LogP contribution in [0.25, 0.3) is 82.8 Å². The summed E-state index contributed by atoms with van der Waals surface area (Å²) in [6.07, 6.45) is 0. The predicted octanol–water partition coefficient (Wildman–Crippen LogP) is 15.6. The molecule has 0 bridgehead atoms. The number of hydrogen-bond donors (Lipinski definition) is 0. The van der Waals surface area contributed by atoms with Gasteiger partial charge in [-0.05, 0) is 82.9 Å². The van der Waals surface area contributed by atoms with E-state index in [1.807, 2.05) is 34.0 Å². The van der Waals surface area contributed by atoms with Crippen LogP contribution in [0.4, 0.5) is 17.1 Å². The molecule has 0 saturated heterocycles. The van der Waals surface area contributed by atoms with Crippen molar-refractivity contribution in [2.45, 2.75) is 0 Å². The Morgan fingerprint density at radius 1 is 0.327 bits per heavy atom. The zero-order valence-corrected chi connectivity index (χ0v) is 30.4. The molecule has 3 heterocycles. The normalized spacial score (nSPS) is 11.8. The maximum absolute atomic E-state index is 2.43. The smallest absolute Gasteiger partial charge is 0.0554 e. The SMILES string of the molecule is c1ccc2c(c1)sc1cc(-c3ccc(N(c4ccc(-c5cccc6c5sc5ccccc56)cc4)c4cccc5sc6ccccc6c45)cc3)ccc12. The molecule has 0 N–H and O–H groups in total. The van der Waals surface area contributed by atoms with Gasteiger partial charge in [-0.1, -0.05) is 115 Å². The van der Waals surface area contributed by atoms with E-state index >= 15 is 0 Å². The molecule has 1 nitrogen and oxygen atoms in total. The Bertz CT molecular complexity index is 3130. The summed E-state index contributed by atoms with van der Waals surface area (Å²) in [7, 11) is 0. The molecule has 0 atom stereocenters. The summed E-state index contributed by atoms with van der Waals surface area (Å²) < 4.78 is 7.94. The maximum Gasteiger partial charge on any atom is 0.0554 e. The van der Waals surface area contributed by atoms with Gasteiger partial charge in [0.1, 0.15) is 0 Å². The molecular weight excluding hydrogens is 687 g/mol. The zero-order chi connectivity index (χ0) is 34.2. The van der Waals surface area contributed by atoms with E-state index in [-0.39, 0.29) is 0 Å². The van der Waals surface area contributed by atoms with E-state index in [0.29, 0.717) is 0 Å². The molecule has 244 valence electrons. The highest BCUT2D eigenvalue weighted by molar-refractivity contribution is 7.26. The molecule has 0 fully saturated rings. The first-order valence-electron chi connectivity index (χ1n) is 17.5. The van der Waals surface area contributed by atoms with Gasteiger partial charge >= 0.3 is 0 Å². The summed E-state index contributed by atoms with van der Waals surface area (Å²) in [4.78, 5) is 2.43. The Kier molecular flexibility index (Phi) is 6.84. The third-order valence-electron chi connectivity index (χ3n) is 10.3. The highest BCUT2D eigenvalue weighted by Crippen LogP contribution is 2.46. The molecular formula is C48H29NS3. The molecule has 52 heavy (non-hydrogen) atoms. The Labute approximate surface area is 312 Å². The van der Waals surface area contributed by atoms with Gasteiger partial charge in [-0.25, -0.2) is 0 Å². The molecule has 0 aliphatic rings. The molecule has 0 saturated carbocycles. The number of thiophene rings is 3. The highest BCUT2D eigenvalue weighted by atomic mass is 32.1. The topological polar surface area (TPSA) is 3.24 Å². The van der Waals surface area contributed by atoms with E-state index in [4.69, 9.17) is 0 Å². The summed E-state index contributed by atoms with van der Waals surface area (Å²) in [5.74, 6) is 0. The van der Waals surface area contributed by atoms with E-state index in [1.54, 1.807) is 0 Å². The lowest BCUT2D eigenvalue weighted by atomic mass is 10.0. The van der Waals surface area contributed by atoms with E-state index in [2.05, 4.69) is 181 Å². The number of nitrogens with zero attached hydrogens (tertiary/aromatic N) is 1. The quantitative estimate of drug-likeness (QED) is 0.171. The predicted molar refractivity (Wildman–Crippen MR) is 231 cm³/mol.